The van der Waals surface area contributed by atoms with Gasteiger partial charge in [-0.2, -0.15) is 0 Å². The second-order valence-electron chi connectivity index (χ2n) is 9.69. The van der Waals surface area contributed by atoms with Gasteiger partial charge in [-0.15, -0.1) is 0 Å². The van der Waals surface area contributed by atoms with Crippen LogP contribution >= 0.6 is 0 Å². The summed E-state index contributed by atoms with van der Waals surface area (Å²) in [6, 6.07) is -1.77. The van der Waals surface area contributed by atoms with Gasteiger partial charge in [-0.3, -0.25) is 14.4 Å². The normalized spacial score (nSPS) is 12.4. The minimum Gasteiger partial charge on any atom is -0.469 e. The minimum atomic E-state index is -0.975. The topological polar surface area (TPSA) is 111 Å². The summed E-state index contributed by atoms with van der Waals surface area (Å²) in [5.74, 6) is -1.82. The molecule has 2 atom stereocenters. The van der Waals surface area contributed by atoms with Crippen LogP contribution in [0.2, 0.25) is 0 Å². The Labute approximate surface area is 219 Å². The average Bonchev–Trinajstić information content (AvgIpc) is 2.87. The van der Waals surface area contributed by atoms with E-state index >= 15 is 0 Å². The molecule has 0 aliphatic carbocycles. The highest BCUT2D eigenvalue weighted by Gasteiger charge is 2.25. The number of carbonyl (C=O) groups is 4. The van der Waals surface area contributed by atoms with Crippen LogP contribution in [-0.4, -0.2) is 50.1 Å². The van der Waals surface area contributed by atoms with Crippen molar-refractivity contribution >= 4 is 23.8 Å². The smallest absolute Gasteiger partial charge is 0.328 e. The summed E-state index contributed by atoms with van der Waals surface area (Å²) in [5, 5.41) is 5.21. The van der Waals surface area contributed by atoms with Gasteiger partial charge in [0.2, 0.25) is 11.8 Å². The van der Waals surface area contributed by atoms with Gasteiger partial charge in [-0.25, -0.2) is 4.79 Å². The van der Waals surface area contributed by atoms with E-state index in [4.69, 9.17) is 0 Å². The molecule has 0 bridgehead atoms. The van der Waals surface area contributed by atoms with Crippen LogP contribution in [0, 0.1) is 0 Å². The quantitative estimate of drug-likeness (QED) is 0.141. The molecule has 2 amide bonds. The zero-order chi connectivity index (χ0) is 27.0. The molecule has 0 radical (unpaired) electrons. The predicted molar refractivity (Wildman–Crippen MR) is 142 cm³/mol. The summed E-state index contributed by atoms with van der Waals surface area (Å²) in [7, 11) is 2.46. The molecule has 2 N–H and O–H groups in total. The van der Waals surface area contributed by atoms with Crippen molar-refractivity contribution in [1.29, 1.82) is 0 Å². The van der Waals surface area contributed by atoms with Crippen molar-refractivity contribution in [3.8, 4) is 0 Å². The number of hydrogen-bond acceptors (Lipinski definition) is 6. The van der Waals surface area contributed by atoms with Crippen molar-refractivity contribution < 1.29 is 28.7 Å². The van der Waals surface area contributed by atoms with E-state index in [1.807, 2.05) is 0 Å². The summed E-state index contributed by atoms with van der Waals surface area (Å²) in [6.45, 7) is 3.82. The second-order valence-corrected chi connectivity index (χ2v) is 9.69. The zero-order valence-corrected chi connectivity index (χ0v) is 23.3. The number of rotatable bonds is 23. The molecule has 0 aromatic heterocycles. The molecule has 0 heterocycles. The van der Waals surface area contributed by atoms with Gasteiger partial charge < -0.3 is 20.1 Å². The Bertz CT molecular complexity index is 611. The summed E-state index contributed by atoms with van der Waals surface area (Å²) < 4.78 is 9.25. The lowest BCUT2D eigenvalue weighted by atomic mass is 10.0. The maximum Gasteiger partial charge on any atom is 0.328 e. The molecule has 8 nitrogen and oxygen atoms in total. The molecular weight excluding hydrogens is 460 g/mol. The van der Waals surface area contributed by atoms with Gasteiger partial charge in [0.05, 0.1) is 14.2 Å². The van der Waals surface area contributed by atoms with Crippen LogP contribution < -0.4 is 10.6 Å². The summed E-state index contributed by atoms with van der Waals surface area (Å²) in [5.41, 5.74) is 0. The van der Waals surface area contributed by atoms with Crippen LogP contribution in [0.5, 0.6) is 0 Å². The van der Waals surface area contributed by atoms with E-state index < -0.39 is 29.9 Å². The van der Waals surface area contributed by atoms with Gasteiger partial charge in [0, 0.05) is 12.8 Å². The summed E-state index contributed by atoms with van der Waals surface area (Å²) in [4.78, 5) is 47.8. The van der Waals surface area contributed by atoms with Crippen LogP contribution in [0.4, 0.5) is 0 Å². The van der Waals surface area contributed by atoms with Crippen LogP contribution in [0.1, 0.15) is 129 Å². The van der Waals surface area contributed by atoms with E-state index in [9.17, 15) is 19.2 Å². The number of ether oxygens (including phenoxy) is 2. The first-order chi connectivity index (χ1) is 17.3. The average molecular weight is 513 g/mol. The van der Waals surface area contributed by atoms with Crippen LogP contribution in [0.15, 0.2) is 0 Å². The van der Waals surface area contributed by atoms with Gasteiger partial charge >= 0.3 is 11.9 Å². The van der Waals surface area contributed by atoms with Crippen molar-refractivity contribution in [1.82, 2.24) is 10.6 Å². The van der Waals surface area contributed by atoms with E-state index in [-0.39, 0.29) is 18.7 Å². The number of nitrogens with one attached hydrogen (secondary N) is 2. The summed E-state index contributed by atoms with van der Waals surface area (Å²) in [6.07, 6.45) is 19.4. The number of esters is 2. The van der Waals surface area contributed by atoms with Crippen molar-refractivity contribution in [2.45, 2.75) is 142 Å². The Morgan fingerprint density at radius 3 is 1.56 bits per heavy atom. The fraction of sp³-hybridized carbons (Fsp3) is 0.857. The fourth-order valence-electron chi connectivity index (χ4n) is 4.09. The van der Waals surface area contributed by atoms with Gasteiger partial charge in [-0.1, -0.05) is 96.8 Å². The molecule has 0 aliphatic rings. The lowest BCUT2D eigenvalue weighted by Crippen LogP contribution is -2.50. The number of unbranched alkanes of at least 4 members (excludes halogenated alkanes) is 14. The second kappa shape index (κ2) is 23.3. The third-order valence-corrected chi connectivity index (χ3v) is 6.45. The Kier molecular flexibility index (Phi) is 21.9. The number of amides is 2. The molecule has 210 valence electrons. The Hall–Kier alpha value is -2.12. The minimum absolute atomic E-state index is 0.0313. The van der Waals surface area contributed by atoms with Crippen molar-refractivity contribution in [3.05, 3.63) is 0 Å². The molecule has 0 saturated carbocycles. The molecule has 0 saturated heterocycles. The van der Waals surface area contributed by atoms with Crippen LogP contribution in [-0.2, 0) is 28.7 Å². The highest BCUT2D eigenvalue weighted by molar-refractivity contribution is 5.90. The molecular formula is C28H52N2O6. The summed E-state index contributed by atoms with van der Waals surface area (Å²) >= 11 is 0. The van der Waals surface area contributed by atoms with Gasteiger partial charge in [0.1, 0.15) is 12.1 Å². The molecule has 0 rings (SSSR count). The van der Waals surface area contributed by atoms with E-state index in [0.29, 0.717) is 6.42 Å². The predicted octanol–water partition coefficient (Wildman–Crippen LogP) is 5.36. The zero-order valence-electron chi connectivity index (χ0n) is 23.3. The first kappa shape index (κ1) is 33.9. The fourth-order valence-corrected chi connectivity index (χ4v) is 4.09. The SMILES string of the molecule is CCCCCCCCCCCCCCCCCC(=O)N[C@H](C)C(=O)N[C@H](CCC(=O)OC)C(=O)OC. The third kappa shape index (κ3) is 19.1. The largest absolute Gasteiger partial charge is 0.469 e. The molecule has 0 fully saturated rings. The molecule has 36 heavy (non-hydrogen) atoms. The lowest BCUT2D eigenvalue weighted by Gasteiger charge is -2.19. The molecule has 0 aliphatic heterocycles. The van der Waals surface area contributed by atoms with E-state index in [1.165, 1.54) is 91.3 Å². The first-order valence-corrected chi connectivity index (χ1v) is 14.1. The van der Waals surface area contributed by atoms with Crippen LogP contribution in [0.25, 0.3) is 0 Å². The molecule has 8 heteroatoms. The number of methoxy groups -OCH3 is 2. The number of carbonyl (C=O) groups excluding carboxylic acids is 4. The molecule has 0 spiro atoms. The Morgan fingerprint density at radius 2 is 1.11 bits per heavy atom. The van der Waals surface area contributed by atoms with Crippen molar-refractivity contribution in [3.63, 3.8) is 0 Å². The number of hydrogen-bond donors (Lipinski definition) is 2. The standard InChI is InChI=1S/C28H52N2O6/c1-5-6-7-8-9-10-11-12-13-14-15-16-17-18-19-20-25(31)29-23(2)27(33)30-24(28(34)36-4)21-22-26(32)35-3/h23-24H,5-22H2,1-4H3,(H,29,31)(H,30,33)/t23-,24-/m1/s1. The molecule has 0 aromatic rings. The van der Waals surface area contributed by atoms with E-state index in [2.05, 4.69) is 27.0 Å². The third-order valence-electron chi connectivity index (χ3n) is 6.45. The highest BCUT2D eigenvalue weighted by atomic mass is 16.5. The van der Waals surface area contributed by atoms with E-state index in [1.54, 1.807) is 6.92 Å². The van der Waals surface area contributed by atoms with Crippen LogP contribution in [0.3, 0.4) is 0 Å². The van der Waals surface area contributed by atoms with Crippen molar-refractivity contribution in [2.75, 3.05) is 14.2 Å². The van der Waals surface area contributed by atoms with E-state index in [0.717, 1.165) is 19.3 Å². The lowest BCUT2D eigenvalue weighted by molar-refractivity contribution is -0.146. The highest BCUT2D eigenvalue weighted by Crippen LogP contribution is 2.13. The van der Waals surface area contributed by atoms with Crippen molar-refractivity contribution in [2.24, 2.45) is 0 Å². The first-order valence-electron chi connectivity index (χ1n) is 14.1. The molecule has 0 unspecified atom stereocenters. The Balaban J connectivity index is 3.84. The maximum atomic E-state index is 12.4. The van der Waals surface area contributed by atoms with Gasteiger partial charge in [-0.05, 0) is 19.8 Å². The Morgan fingerprint density at radius 1 is 0.639 bits per heavy atom. The maximum absolute atomic E-state index is 12.4. The van der Waals surface area contributed by atoms with Gasteiger partial charge in [0.15, 0.2) is 0 Å². The monoisotopic (exact) mass is 512 g/mol. The molecule has 0 aromatic carbocycles. The van der Waals surface area contributed by atoms with Gasteiger partial charge in [0.25, 0.3) is 0 Å².